The summed E-state index contributed by atoms with van der Waals surface area (Å²) in [5.74, 6) is 3.21. The number of H-pyrrole nitrogens is 1. The number of thiophene rings is 1. The lowest BCUT2D eigenvalue weighted by atomic mass is 9.97. The van der Waals surface area contributed by atoms with Crippen LogP contribution in [0.25, 0.3) is 10.2 Å². The Labute approximate surface area is 126 Å². The second-order valence-corrected chi connectivity index (χ2v) is 6.30. The van der Waals surface area contributed by atoms with E-state index in [-0.39, 0.29) is 0 Å². The molecular weight excluding hydrogens is 284 g/mol. The van der Waals surface area contributed by atoms with Crippen molar-refractivity contribution in [2.75, 3.05) is 18.0 Å². The average molecular weight is 300 g/mol. The minimum absolute atomic E-state index is 0.368. The Morgan fingerprint density at radius 1 is 1.38 bits per heavy atom. The molecule has 1 aliphatic rings. The highest BCUT2D eigenvalue weighted by Gasteiger charge is 2.26. The van der Waals surface area contributed by atoms with E-state index in [2.05, 4.69) is 41.5 Å². The van der Waals surface area contributed by atoms with Gasteiger partial charge in [-0.15, -0.1) is 11.3 Å². The van der Waals surface area contributed by atoms with Gasteiger partial charge >= 0.3 is 0 Å². The maximum atomic E-state index is 4.51. The normalized spacial score (nSPS) is 19.3. The first-order valence-electron chi connectivity index (χ1n) is 7.13. The van der Waals surface area contributed by atoms with Gasteiger partial charge in [0.15, 0.2) is 5.82 Å². The molecule has 1 unspecified atom stereocenters. The van der Waals surface area contributed by atoms with E-state index >= 15 is 0 Å². The van der Waals surface area contributed by atoms with Gasteiger partial charge in [0.05, 0.1) is 5.39 Å². The van der Waals surface area contributed by atoms with Gasteiger partial charge in [-0.1, -0.05) is 0 Å². The molecule has 7 heteroatoms. The summed E-state index contributed by atoms with van der Waals surface area (Å²) in [7, 11) is 0. The van der Waals surface area contributed by atoms with Crippen LogP contribution in [0, 0.1) is 6.92 Å². The molecule has 0 aromatic carbocycles. The SMILES string of the molecule is Cc1nc(C2CCCN(c3ncnc4sccc34)C2)n[nH]1. The van der Waals surface area contributed by atoms with Crippen LogP contribution < -0.4 is 4.90 Å². The zero-order chi connectivity index (χ0) is 14.2. The smallest absolute Gasteiger partial charge is 0.155 e. The van der Waals surface area contributed by atoms with E-state index in [1.807, 2.05) is 6.92 Å². The van der Waals surface area contributed by atoms with Crippen LogP contribution in [-0.4, -0.2) is 38.2 Å². The van der Waals surface area contributed by atoms with Crippen molar-refractivity contribution in [3.05, 3.63) is 29.4 Å². The van der Waals surface area contributed by atoms with Gasteiger partial charge in [-0.25, -0.2) is 15.0 Å². The van der Waals surface area contributed by atoms with Crippen LogP contribution in [-0.2, 0) is 0 Å². The van der Waals surface area contributed by atoms with Crippen LogP contribution in [0.15, 0.2) is 17.8 Å². The van der Waals surface area contributed by atoms with Gasteiger partial charge in [-0.2, -0.15) is 5.10 Å². The van der Waals surface area contributed by atoms with Crippen molar-refractivity contribution in [2.24, 2.45) is 0 Å². The van der Waals surface area contributed by atoms with Crippen molar-refractivity contribution >= 4 is 27.4 Å². The third kappa shape index (κ3) is 2.27. The van der Waals surface area contributed by atoms with E-state index in [9.17, 15) is 0 Å². The van der Waals surface area contributed by atoms with Crippen LogP contribution >= 0.6 is 11.3 Å². The van der Waals surface area contributed by atoms with E-state index in [4.69, 9.17) is 0 Å². The zero-order valence-electron chi connectivity index (χ0n) is 11.8. The number of hydrogen-bond donors (Lipinski definition) is 1. The van der Waals surface area contributed by atoms with Crippen molar-refractivity contribution in [3.63, 3.8) is 0 Å². The van der Waals surface area contributed by atoms with E-state index in [0.29, 0.717) is 5.92 Å². The Hall–Kier alpha value is -2.02. The lowest BCUT2D eigenvalue weighted by Gasteiger charge is -2.32. The monoisotopic (exact) mass is 300 g/mol. The van der Waals surface area contributed by atoms with Crippen molar-refractivity contribution in [1.82, 2.24) is 25.1 Å². The molecule has 21 heavy (non-hydrogen) atoms. The Kier molecular flexibility index (Phi) is 3.07. The van der Waals surface area contributed by atoms with Crippen LogP contribution in [0.5, 0.6) is 0 Å². The number of fused-ring (bicyclic) bond motifs is 1. The molecule has 1 atom stereocenters. The maximum absolute atomic E-state index is 4.51. The molecule has 0 bridgehead atoms. The van der Waals surface area contributed by atoms with E-state index < -0.39 is 0 Å². The largest absolute Gasteiger partial charge is 0.355 e. The van der Waals surface area contributed by atoms with E-state index in [1.54, 1.807) is 17.7 Å². The topological polar surface area (TPSA) is 70.6 Å². The number of nitrogens with one attached hydrogen (secondary N) is 1. The molecule has 108 valence electrons. The first kappa shape index (κ1) is 12.7. The molecule has 1 saturated heterocycles. The second-order valence-electron chi connectivity index (χ2n) is 5.40. The molecule has 3 aromatic heterocycles. The van der Waals surface area contributed by atoms with E-state index in [0.717, 1.165) is 53.6 Å². The predicted molar refractivity (Wildman–Crippen MR) is 82.7 cm³/mol. The number of anilines is 1. The molecule has 4 rings (SSSR count). The summed E-state index contributed by atoms with van der Waals surface area (Å²) in [6.07, 6.45) is 3.92. The van der Waals surface area contributed by atoms with Gasteiger partial charge in [0, 0.05) is 19.0 Å². The minimum atomic E-state index is 0.368. The number of hydrogen-bond acceptors (Lipinski definition) is 6. The predicted octanol–water partition coefficient (Wildman–Crippen LogP) is 2.50. The summed E-state index contributed by atoms with van der Waals surface area (Å²) in [5, 5.41) is 10.5. The molecule has 0 spiro atoms. The fourth-order valence-electron chi connectivity index (χ4n) is 2.95. The number of rotatable bonds is 2. The average Bonchev–Trinajstić information content (AvgIpc) is 3.15. The Balaban J connectivity index is 1.65. The van der Waals surface area contributed by atoms with Gasteiger partial charge in [0.25, 0.3) is 0 Å². The third-order valence-electron chi connectivity index (χ3n) is 3.94. The summed E-state index contributed by atoms with van der Waals surface area (Å²) < 4.78 is 0. The quantitative estimate of drug-likeness (QED) is 0.787. The van der Waals surface area contributed by atoms with Crippen LogP contribution in [0.1, 0.15) is 30.4 Å². The van der Waals surface area contributed by atoms with Crippen molar-refractivity contribution in [1.29, 1.82) is 0 Å². The highest BCUT2D eigenvalue weighted by Crippen LogP contribution is 2.32. The lowest BCUT2D eigenvalue weighted by Crippen LogP contribution is -2.35. The number of aryl methyl sites for hydroxylation is 1. The Morgan fingerprint density at radius 2 is 2.33 bits per heavy atom. The van der Waals surface area contributed by atoms with Crippen molar-refractivity contribution < 1.29 is 0 Å². The van der Waals surface area contributed by atoms with Gasteiger partial charge < -0.3 is 4.90 Å². The molecular formula is C14H16N6S. The highest BCUT2D eigenvalue weighted by molar-refractivity contribution is 7.16. The molecule has 0 radical (unpaired) electrons. The summed E-state index contributed by atoms with van der Waals surface area (Å²) >= 11 is 1.66. The maximum Gasteiger partial charge on any atom is 0.155 e. The molecule has 0 amide bonds. The summed E-state index contributed by atoms with van der Waals surface area (Å²) in [5.41, 5.74) is 0. The molecule has 1 aliphatic heterocycles. The summed E-state index contributed by atoms with van der Waals surface area (Å²) in [4.78, 5) is 16.7. The molecule has 0 aliphatic carbocycles. The third-order valence-corrected chi connectivity index (χ3v) is 4.76. The van der Waals surface area contributed by atoms with Crippen molar-refractivity contribution in [2.45, 2.75) is 25.7 Å². The summed E-state index contributed by atoms with van der Waals surface area (Å²) in [6, 6.07) is 2.11. The van der Waals surface area contributed by atoms with Crippen molar-refractivity contribution in [3.8, 4) is 0 Å². The molecule has 1 N–H and O–H groups in total. The van der Waals surface area contributed by atoms with Gasteiger partial charge in [0.1, 0.15) is 22.8 Å². The summed E-state index contributed by atoms with van der Waals surface area (Å²) in [6.45, 7) is 3.89. The highest BCUT2D eigenvalue weighted by atomic mass is 32.1. The zero-order valence-corrected chi connectivity index (χ0v) is 12.6. The Bertz CT molecular complexity index is 764. The lowest BCUT2D eigenvalue weighted by molar-refractivity contribution is 0.490. The van der Waals surface area contributed by atoms with Gasteiger partial charge in [-0.3, -0.25) is 5.10 Å². The fraction of sp³-hybridized carbons (Fsp3) is 0.429. The molecule has 1 fully saturated rings. The van der Waals surface area contributed by atoms with Crippen LogP contribution in [0.4, 0.5) is 5.82 Å². The van der Waals surface area contributed by atoms with Gasteiger partial charge in [-0.05, 0) is 31.2 Å². The molecule has 4 heterocycles. The first-order valence-corrected chi connectivity index (χ1v) is 8.01. The van der Waals surface area contributed by atoms with Gasteiger partial charge in [0.2, 0.25) is 0 Å². The fourth-order valence-corrected chi connectivity index (χ4v) is 3.68. The second kappa shape index (κ2) is 5.07. The van der Waals surface area contributed by atoms with E-state index in [1.165, 1.54) is 0 Å². The number of nitrogens with zero attached hydrogens (tertiary/aromatic N) is 5. The van der Waals surface area contributed by atoms with Crippen LogP contribution in [0.2, 0.25) is 0 Å². The first-order chi connectivity index (χ1) is 10.3. The molecule has 0 saturated carbocycles. The standard InChI is InChI=1S/C14H16N6S/c1-9-17-12(19-18-9)10-3-2-5-20(7-10)13-11-4-6-21-14(11)16-8-15-13/h4,6,8,10H,2-3,5,7H2,1H3,(H,17,18,19). The van der Waals surface area contributed by atoms with Crippen LogP contribution in [0.3, 0.4) is 0 Å². The minimum Gasteiger partial charge on any atom is -0.355 e. The number of aromatic nitrogens is 5. The molecule has 6 nitrogen and oxygen atoms in total. The number of piperidine rings is 1. The number of aromatic amines is 1. The molecule has 3 aromatic rings. The Morgan fingerprint density at radius 3 is 3.19 bits per heavy atom.